The fourth-order valence-electron chi connectivity index (χ4n) is 1.99. The van der Waals surface area contributed by atoms with Crippen LogP contribution in [0.25, 0.3) is 0 Å². The summed E-state index contributed by atoms with van der Waals surface area (Å²) in [4.78, 5) is 37.3. The van der Waals surface area contributed by atoms with Gasteiger partial charge >= 0.3 is 5.97 Å². The van der Waals surface area contributed by atoms with Gasteiger partial charge in [0.1, 0.15) is 8.76 Å². The second-order valence-electron chi connectivity index (χ2n) is 4.37. The van der Waals surface area contributed by atoms with E-state index in [1.807, 2.05) is 0 Å². The Bertz CT molecular complexity index is 920. The number of carbonyl (C=O) groups excluding carboxylic acids is 3. The highest BCUT2D eigenvalue weighted by Gasteiger charge is 2.40. The fraction of sp³-hybridized carbons (Fsp3) is 0.400. The molecule has 7 heteroatoms. The van der Waals surface area contributed by atoms with E-state index in [1.54, 1.807) is 0 Å². The number of hydrogen-bond donors (Lipinski definition) is 0. The summed E-state index contributed by atoms with van der Waals surface area (Å²) in [6.07, 6.45) is -7.34. The molecule has 2 amide bonds. The van der Waals surface area contributed by atoms with Crippen LogP contribution in [0.4, 0.5) is 0 Å². The third-order valence-corrected chi connectivity index (χ3v) is 3.01. The van der Waals surface area contributed by atoms with E-state index in [0.717, 1.165) is 7.11 Å². The first-order valence-corrected chi connectivity index (χ1v) is 6.16. The molecule has 1 saturated heterocycles. The lowest BCUT2D eigenvalue weighted by Crippen LogP contribution is -2.44. The molecule has 1 aromatic carbocycles. The number of carbonyl (C=O) groups is 3. The van der Waals surface area contributed by atoms with Crippen molar-refractivity contribution in [3.05, 3.63) is 23.8 Å². The molecule has 0 unspecified atom stereocenters. The average molecular weight is 312 g/mol. The van der Waals surface area contributed by atoms with Gasteiger partial charge in [0.25, 0.3) is 0 Å². The number of rotatable bonds is 3. The van der Waals surface area contributed by atoms with Gasteiger partial charge in [-0.1, -0.05) is 6.07 Å². The minimum absolute atomic E-state index is 0.0242. The van der Waals surface area contributed by atoms with Gasteiger partial charge in [-0.05, 0) is 24.1 Å². The van der Waals surface area contributed by atoms with Crippen molar-refractivity contribution < 1.29 is 38.2 Å². The van der Waals surface area contributed by atoms with Crippen molar-refractivity contribution in [1.82, 2.24) is 4.90 Å². The molecule has 1 aromatic rings. The van der Waals surface area contributed by atoms with Crippen molar-refractivity contribution in [3.63, 3.8) is 0 Å². The van der Waals surface area contributed by atoms with Gasteiger partial charge in [-0.25, -0.2) is 4.79 Å². The highest BCUT2D eigenvalue weighted by atomic mass is 16.7. The van der Waals surface area contributed by atoms with Crippen molar-refractivity contribution in [2.24, 2.45) is 0 Å². The zero-order valence-electron chi connectivity index (χ0n) is 18.3. The molecule has 116 valence electrons. The summed E-state index contributed by atoms with van der Waals surface area (Å²) in [7, 11) is 0.821. The predicted octanol–water partition coefficient (Wildman–Crippen LogP) is 0.648. The van der Waals surface area contributed by atoms with Gasteiger partial charge in [0.05, 0.1) is 14.9 Å². The molecule has 0 N–H and O–H groups in total. The summed E-state index contributed by atoms with van der Waals surface area (Å²) >= 11 is 0. The first-order valence-electron chi connectivity index (χ1n) is 9.66. The molecule has 0 bridgehead atoms. The fourth-order valence-corrected chi connectivity index (χ4v) is 1.99. The Labute approximate surface area is 136 Å². The van der Waals surface area contributed by atoms with Gasteiger partial charge in [0, 0.05) is 11.9 Å². The normalized spacial score (nSPS) is 34.3. The lowest BCUT2D eigenvalue weighted by Gasteiger charge is -2.20. The monoisotopic (exact) mass is 312 g/mol. The second kappa shape index (κ2) is 5.67. The van der Waals surface area contributed by atoms with Gasteiger partial charge in [0.2, 0.25) is 18.6 Å². The van der Waals surface area contributed by atoms with Crippen LogP contribution in [0.5, 0.6) is 11.5 Å². The van der Waals surface area contributed by atoms with Crippen LogP contribution in [-0.2, 0) is 25.5 Å². The highest BCUT2D eigenvalue weighted by Crippen LogP contribution is 2.33. The van der Waals surface area contributed by atoms with E-state index in [9.17, 15) is 14.4 Å². The van der Waals surface area contributed by atoms with E-state index < -0.39 is 49.7 Å². The van der Waals surface area contributed by atoms with Crippen molar-refractivity contribution in [3.8, 4) is 11.5 Å². The number of imide groups is 1. The first-order chi connectivity index (χ1) is 13.2. The Morgan fingerprint density at radius 2 is 2.23 bits per heavy atom. The van der Waals surface area contributed by atoms with Crippen molar-refractivity contribution in [1.29, 1.82) is 0 Å². The maximum Gasteiger partial charge on any atom is 0.329 e. The number of methoxy groups -OCH3 is 1. The molecule has 0 aromatic heterocycles. The third kappa shape index (κ3) is 2.49. The molecular weight excluding hydrogens is 290 g/mol. The van der Waals surface area contributed by atoms with E-state index in [-0.39, 0.29) is 22.0 Å². The van der Waals surface area contributed by atoms with Crippen molar-refractivity contribution in [2.45, 2.75) is 25.2 Å². The zero-order chi connectivity index (χ0) is 22.0. The maximum atomic E-state index is 12.8. The van der Waals surface area contributed by atoms with E-state index in [0.29, 0.717) is 0 Å². The van der Waals surface area contributed by atoms with Crippen LogP contribution in [0.2, 0.25) is 0 Å². The number of benzene rings is 1. The lowest BCUT2D eigenvalue weighted by molar-refractivity contribution is -0.155. The molecule has 1 fully saturated rings. The summed E-state index contributed by atoms with van der Waals surface area (Å²) in [6, 6.07) is 0.620. The zero-order valence-corrected chi connectivity index (χ0v) is 11.3. The summed E-state index contributed by atoms with van der Waals surface area (Å²) < 4.78 is 68.3. The van der Waals surface area contributed by atoms with Gasteiger partial charge in [-0.2, -0.15) is 0 Å². The topological polar surface area (TPSA) is 82.1 Å². The summed E-state index contributed by atoms with van der Waals surface area (Å²) in [5, 5.41) is 0. The van der Waals surface area contributed by atoms with Crippen LogP contribution < -0.4 is 9.47 Å². The average Bonchev–Trinajstić information content (AvgIpc) is 2.97. The van der Waals surface area contributed by atoms with Crippen LogP contribution >= 0.6 is 0 Å². The number of fused-ring (bicyclic) bond motifs is 1. The van der Waals surface area contributed by atoms with Crippen LogP contribution in [0, 0.1) is 0 Å². The molecule has 2 aliphatic rings. The maximum absolute atomic E-state index is 12.8. The molecule has 0 spiro atoms. The molecular formula is C15H15NO6. The van der Waals surface area contributed by atoms with Crippen LogP contribution in [0.15, 0.2) is 18.2 Å². The quantitative estimate of drug-likeness (QED) is 0.762. The second-order valence-corrected chi connectivity index (χ2v) is 4.37. The Hall–Kier alpha value is -2.57. The predicted molar refractivity (Wildman–Crippen MR) is 73.2 cm³/mol. The summed E-state index contributed by atoms with van der Waals surface area (Å²) in [5.74, 6) is -4.46. The van der Waals surface area contributed by atoms with Crippen molar-refractivity contribution in [2.75, 3.05) is 13.9 Å². The van der Waals surface area contributed by atoms with Crippen molar-refractivity contribution >= 4 is 17.8 Å². The molecule has 1 atom stereocenters. The molecule has 0 radical (unpaired) electrons. The van der Waals surface area contributed by atoms with Gasteiger partial charge in [0.15, 0.2) is 11.5 Å². The van der Waals surface area contributed by atoms with E-state index in [2.05, 4.69) is 4.74 Å². The Kier molecular flexibility index (Phi) is 2.10. The lowest BCUT2D eigenvalue weighted by atomic mass is 10.1. The van der Waals surface area contributed by atoms with Gasteiger partial charge in [-0.15, -0.1) is 0 Å². The molecule has 7 nitrogen and oxygen atoms in total. The Morgan fingerprint density at radius 1 is 1.45 bits per heavy atom. The van der Waals surface area contributed by atoms with E-state index in [1.165, 1.54) is 18.2 Å². The molecule has 0 aliphatic carbocycles. The van der Waals surface area contributed by atoms with Crippen LogP contribution in [-0.4, -0.2) is 42.6 Å². The number of likely N-dealkylation sites (tertiary alicyclic amines) is 1. The van der Waals surface area contributed by atoms with E-state index >= 15 is 0 Å². The molecule has 3 rings (SSSR count). The van der Waals surface area contributed by atoms with E-state index in [4.69, 9.17) is 19.1 Å². The number of amides is 2. The Morgan fingerprint density at radius 3 is 3.00 bits per heavy atom. The van der Waals surface area contributed by atoms with Gasteiger partial charge in [-0.3, -0.25) is 14.5 Å². The molecule has 2 heterocycles. The third-order valence-electron chi connectivity index (χ3n) is 3.01. The van der Waals surface area contributed by atoms with Crippen LogP contribution in [0.1, 0.15) is 27.9 Å². The number of hydrogen-bond acceptors (Lipinski definition) is 6. The number of nitrogens with zero attached hydrogens (tertiary/aromatic N) is 1. The molecule has 2 aliphatic heterocycles. The smallest absolute Gasteiger partial charge is 0.329 e. The minimum Gasteiger partial charge on any atom is -0.467 e. The SMILES string of the molecule is [2H]C1([2H])Oc2ccc(CC(=O)N3C(=O)C([2H])([2H])C([2H])([2H])[C@@]3([2H])C(=O)OC)cc2O1. The summed E-state index contributed by atoms with van der Waals surface area (Å²) in [5.41, 5.74) is 0.170. The number of ether oxygens (including phenoxy) is 3. The van der Waals surface area contributed by atoms with Crippen LogP contribution in [0.3, 0.4) is 0 Å². The Balaban J connectivity index is 1.96. The first kappa shape index (κ1) is 8.17. The largest absolute Gasteiger partial charge is 0.467 e. The summed E-state index contributed by atoms with van der Waals surface area (Å²) in [6.45, 7) is -2.40. The highest BCUT2D eigenvalue weighted by molar-refractivity contribution is 6.02. The molecule has 0 saturated carbocycles. The van der Waals surface area contributed by atoms with Gasteiger partial charge < -0.3 is 14.2 Å². The standard InChI is InChI=1S/C15H15NO6/c1-20-15(19)10-3-5-13(17)16(10)14(18)7-9-2-4-11-12(6-9)22-8-21-11/h2,4,6,10H,3,5,7-8H2,1H3/t10-/m0/s1/i3D2,5D2,8D2,10D. The molecule has 22 heavy (non-hydrogen) atoms. The minimum atomic E-state index is -3.38. The number of esters is 1.